The normalized spacial score (nSPS) is 21.6. The van der Waals surface area contributed by atoms with Crippen LogP contribution in [0.4, 0.5) is 5.69 Å². The van der Waals surface area contributed by atoms with Crippen molar-refractivity contribution < 1.29 is 29.3 Å². The number of allylic oxidation sites excluding steroid dienone is 2. The summed E-state index contributed by atoms with van der Waals surface area (Å²) < 4.78 is 13.3. The number of hydrogen-bond donors (Lipinski definition) is 5. The molecule has 0 amide bonds. The molecule has 0 aliphatic carbocycles. The lowest BCUT2D eigenvalue weighted by molar-refractivity contribution is -0.148. The third-order valence-electron chi connectivity index (χ3n) is 10.6. The summed E-state index contributed by atoms with van der Waals surface area (Å²) in [6, 6.07) is 10.9. The summed E-state index contributed by atoms with van der Waals surface area (Å²) in [5, 5.41) is 29.4. The molecule has 2 aliphatic heterocycles. The molecule has 5 N–H and O–H groups in total. The first-order chi connectivity index (χ1) is 25.2. The van der Waals surface area contributed by atoms with Gasteiger partial charge in [-0.1, -0.05) is 37.6 Å². The quantitative estimate of drug-likeness (QED) is 0.126. The molecule has 10 nitrogen and oxygen atoms in total. The van der Waals surface area contributed by atoms with Crippen molar-refractivity contribution in [1.82, 2.24) is 14.9 Å². The summed E-state index contributed by atoms with van der Waals surface area (Å²) in [7, 11) is 1.51. The highest BCUT2D eigenvalue weighted by Crippen LogP contribution is 2.36. The Labute approximate surface area is 305 Å². The number of fused-ring (bicyclic) bond motifs is 3. The summed E-state index contributed by atoms with van der Waals surface area (Å²) in [5.74, 6) is 1.43. The first-order valence-corrected chi connectivity index (χ1v) is 18.6. The van der Waals surface area contributed by atoms with Gasteiger partial charge in [0.25, 0.3) is 0 Å². The smallest absolute Gasteiger partial charge is 0.302 e. The minimum atomic E-state index is -0.525. The number of aromatic amines is 1. The highest BCUT2D eigenvalue weighted by Gasteiger charge is 2.26. The van der Waals surface area contributed by atoms with Crippen LogP contribution in [0.1, 0.15) is 81.5 Å². The van der Waals surface area contributed by atoms with Gasteiger partial charge in [0.15, 0.2) is 11.5 Å². The Bertz CT molecular complexity index is 1920. The molecule has 0 saturated carbocycles. The van der Waals surface area contributed by atoms with E-state index in [2.05, 4.69) is 70.0 Å². The number of aliphatic hydroxyl groups is 1. The minimum Gasteiger partial charge on any atom is -0.504 e. The van der Waals surface area contributed by atoms with Crippen LogP contribution in [-0.2, 0) is 27.2 Å². The van der Waals surface area contributed by atoms with E-state index in [-0.39, 0.29) is 36.9 Å². The Kier molecular flexibility index (Phi) is 12.1. The van der Waals surface area contributed by atoms with Gasteiger partial charge in [-0.3, -0.25) is 9.59 Å². The maximum Gasteiger partial charge on any atom is 0.302 e. The number of aromatic hydroxyl groups is 1. The van der Waals surface area contributed by atoms with Crippen LogP contribution in [-0.4, -0.2) is 57.9 Å². The second kappa shape index (κ2) is 17.0. The molecule has 0 saturated heterocycles. The number of aromatic nitrogens is 2. The van der Waals surface area contributed by atoms with E-state index in [1.165, 1.54) is 30.7 Å². The number of esters is 1. The van der Waals surface area contributed by atoms with Crippen molar-refractivity contribution in [2.75, 3.05) is 25.6 Å². The summed E-state index contributed by atoms with van der Waals surface area (Å²) >= 11 is 0. The van der Waals surface area contributed by atoms with Crippen LogP contribution < -0.4 is 15.4 Å². The van der Waals surface area contributed by atoms with Gasteiger partial charge in [-0.2, -0.15) is 0 Å². The lowest BCUT2D eigenvalue weighted by Gasteiger charge is -2.25. The predicted molar refractivity (Wildman–Crippen MR) is 203 cm³/mol. The van der Waals surface area contributed by atoms with Crippen molar-refractivity contribution in [2.24, 2.45) is 11.8 Å². The van der Waals surface area contributed by atoms with Gasteiger partial charge in [-0.25, -0.2) is 0 Å². The molecule has 2 aromatic heterocycles. The van der Waals surface area contributed by atoms with Gasteiger partial charge >= 0.3 is 5.97 Å². The molecule has 4 aromatic rings. The van der Waals surface area contributed by atoms with E-state index in [1.807, 2.05) is 18.3 Å². The number of dihydropyridines is 1. The number of phenols is 1. The number of benzene rings is 2. The average Bonchev–Trinajstić information content (AvgIpc) is 3.77. The van der Waals surface area contributed by atoms with Crippen molar-refractivity contribution >= 4 is 28.2 Å². The van der Waals surface area contributed by atoms with E-state index in [4.69, 9.17) is 9.47 Å². The number of Topliss-reactive ketones (excluding diaryl/α,β-unsaturated/α-hetero) is 1. The molecule has 4 heterocycles. The number of ether oxygens (including phenoxy) is 2. The van der Waals surface area contributed by atoms with E-state index >= 15 is 0 Å². The zero-order valence-corrected chi connectivity index (χ0v) is 30.5. The second-order valence-electron chi connectivity index (χ2n) is 14.2. The molecule has 4 bridgehead atoms. The molecule has 10 heteroatoms. The molecule has 0 fully saturated rings. The number of aliphatic hydroxyl groups excluding tert-OH is 1. The van der Waals surface area contributed by atoms with Crippen molar-refractivity contribution in [1.29, 1.82) is 0 Å². The second-order valence-corrected chi connectivity index (χ2v) is 14.2. The Hall–Kier alpha value is -4.96. The Morgan fingerprint density at radius 1 is 1.04 bits per heavy atom. The third kappa shape index (κ3) is 8.91. The number of anilines is 1. The highest BCUT2D eigenvalue weighted by molar-refractivity contribution is 5.94. The van der Waals surface area contributed by atoms with Gasteiger partial charge in [0.2, 0.25) is 0 Å². The first kappa shape index (κ1) is 36.8. The van der Waals surface area contributed by atoms with Crippen LogP contribution in [0.2, 0.25) is 0 Å². The van der Waals surface area contributed by atoms with Gasteiger partial charge in [-0.15, -0.1) is 0 Å². The number of phenolic OH excluding ortho intramolecular Hbond substituents is 1. The SMILES string of the molecule is CC[C@@H]1CC[C@@H](OC(C)=O)CC(=O)C[C@H](c2ccc(O)c(OC)c2)n2cc3cccc(c3c2)NC2=CC(=CCN2)[C@H](CCCO)Cc2c[nH]cc2C1. The van der Waals surface area contributed by atoms with Gasteiger partial charge < -0.3 is 39.9 Å². The topological polar surface area (TPSA) is 138 Å². The molecule has 2 aliphatic rings. The summed E-state index contributed by atoms with van der Waals surface area (Å²) in [4.78, 5) is 29.6. The van der Waals surface area contributed by atoms with Crippen LogP contribution in [0.25, 0.3) is 10.8 Å². The lowest BCUT2D eigenvalue weighted by Crippen LogP contribution is -2.25. The molecular weight excluding hydrogens is 656 g/mol. The Balaban J connectivity index is 1.42. The summed E-state index contributed by atoms with van der Waals surface area (Å²) in [6.07, 6.45) is 18.2. The van der Waals surface area contributed by atoms with E-state index in [1.54, 1.807) is 12.1 Å². The molecule has 2 aromatic carbocycles. The Morgan fingerprint density at radius 2 is 1.87 bits per heavy atom. The van der Waals surface area contributed by atoms with Gasteiger partial charge in [-0.05, 0) is 96.9 Å². The molecule has 52 heavy (non-hydrogen) atoms. The van der Waals surface area contributed by atoms with E-state index in [0.717, 1.165) is 66.4 Å². The van der Waals surface area contributed by atoms with Crippen LogP contribution >= 0.6 is 0 Å². The fourth-order valence-electron chi connectivity index (χ4n) is 7.81. The van der Waals surface area contributed by atoms with Crippen molar-refractivity contribution in [3.8, 4) is 11.5 Å². The monoisotopic (exact) mass is 708 g/mol. The van der Waals surface area contributed by atoms with Crippen molar-refractivity contribution in [2.45, 2.75) is 83.8 Å². The van der Waals surface area contributed by atoms with Crippen LogP contribution in [0.15, 0.2) is 84.7 Å². The summed E-state index contributed by atoms with van der Waals surface area (Å²) in [6.45, 7) is 4.43. The zero-order valence-electron chi connectivity index (χ0n) is 30.5. The van der Waals surface area contributed by atoms with Crippen LogP contribution in [0.3, 0.4) is 0 Å². The van der Waals surface area contributed by atoms with Gasteiger partial charge in [0.05, 0.1) is 13.2 Å². The number of H-pyrrole nitrogens is 1. The third-order valence-corrected chi connectivity index (χ3v) is 10.6. The van der Waals surface area contributed by atoms with E-state index in [0.29, 0.717) is 24.6 Å². The molecule has 6 rings (SSSR count). The number of methoxy groups -OCH3 is 1. The number of carbonyl (C=O) groups excluding carboxylic acids is 2. The van der Waals surface area contributed by atoms with Crippen molar-refractivity contribution in [3.05, 3.63) is 101 Å². The predicted octanol–water partition coefficient (Wildman–Crippen LogP) is 7.33. The van der Waals surface area contributed by atoms with Crippen LogP contribution in [0.5, 0.6) is 11.5 Å². The number of nitrogens with one attached hydrogen (secondary N) is 3. The largest absolute Gasteiger partial charge is 0.504 e. The van der Waals surface area contributed by atoms with E-state index < -0.39 is 18.1 Å². The van der Waals surface area contributed by atoms with Gasteiger partial charge in [0.1, 0.15) is 17.7 Å². The zero-order chi connectivity index (χ0) is 36.6. The first-order valence-electron chi connectivity index (χ1n) is 18.6. The lowest BCUT2D eigenvalue weighted by atomic mass is 9.84. The fourth-order valence-corrected chi connectivity index (χ4v) is 7.81. The molecule has 4 atom stereocenters. The molecule has 0 spiro atoms. The molecule has 276 valence electrons. The maximum absolute atomic E-state index is 14.0. The van der Waals surface area contributed by atoms with Gasteiger partial charge in [0, 0.05) is 74.2 Å². The standard InChI is InChI=1S/C42H52N4O6/c1-4-28-10-12-36(52-27(2)48)21-35(49)22-39(31-11-13-40(50)41(19-31)51-3)46-25-32-7-5-9-38(37(32)26-46)45-42-20-30(14-15-44-42)29(8-6-16-47)18-34-24-43-23-33(34)17-28/h5,7,9,11,13-14,19-20,23-26,28-29,36,39,43-45,47,50H,4,6,8,10,12,15-18,21-22H2,1-3H3/t28-,29-,36-,39-/m1/s1. The number of hydrogen-bond acceptors (Lipinski definition) is 8. The van der Waals surface area contributed by atoms with E-state index in [9.17, 15) is 19.8 Å². The number of carbonyl (C=O) groups is 2. The fraction of sp³-hybridized carbons (Fsp3) is 0.429. The Morgan fingerprint density at radius 3 is 2.63 bits per heavy atom. The average molecular weight is 709 g/mol. The molecule has 0 unspecified atom stereocenters. The molecule has 0 radical (unpaired) electrons. The number of rotatable bonds is 7. The minimum absolute atomic E-state index is 0.0175. The number of ketones is 1. The highest BCUT2D eigenvalue weighted by atomic mass is 16.5. The molecular formula is C42H52N4O6. The summed E-state index contributed by atoms with van der Waals surface area (Å²) in [5.41, 5.74) is 5.55. The van der Waals surface area contributed by atoms with Crippen LogP contribution in [0, 0.1) is 11.8 Å². The number of nitrogens with zero attached hydrogens (tertiary/aromatic N) is 1. The maximum atomic E-state index is 14.0. The van der Waals surface area contributed by atoms with Crippen molar-refractivity contribution in [3.63, 3.8) is 0 Å².